The van der Waals surface area contributed by atoms with Crippen LogP contribution < -0.4 is 10.3 Å². The van der Waals surface area contributed by atoms with Gasteiger partial charge in [0, 0.05) is 16.9 Å². The largest absolute Gasteiger partial charge is 0.277 e. The van der Waals surface area contributed by atoms with Gasteiger partial charge in [-0.3, -0.25) is 10.2 Å². The Kier molecular flexibility index (Phi) is 4.74. The molecule has 2 aromatic rings. The minimum absolute atomic E-state index is 0.0698. The molecule has 23 heavy (non-hydrogen) atoms. The lowest BCUT2D eigenvalue weighted by molar-refractivity contribution is -0.125. The molecule has 1 amide bonds. The highest BCUT2D eigenvalue weighted by atomic mass is 32.2. The molecule has 0 aliphatic heterocycles. The molecule has 0 saturated heterocycles. The van der Waals surface area contributed by atoms with Gasteiger partial charge in [-0.2, -0.15) is 4.37 Å². The fourth-order valence-electron chi connectivity index (χ4n) is 2.67. The van der Waals surface area contributed by atoms with Gasteiger partial charge in [0.2, 0.25) is 5.91 Å². The van der Waals surface area contributed by atoms with Crippen LogP contribution in [0.5, 0.6) is 0 Å². The normalized spacial score (nSPS) is 15.7. The molecule has 6 nitrogen and oxygen atoms in total. The maximum atomic E-state index is 12.4. The molecule has 8 heteroatoms. The van der Waals surface area contributed by atoms with Crippen molar-refractivity contribution >= 4 is 27.5 Å². The van der Waals surface area contributed by atoms with Gasteiger partial charge < -0.3 is 0 Å². The van der Waals surface area contributed by atoms with Crippen molar-refractivity contribution in [1.29, 1.82) is 0 Å². The molecule has 1 aromatic carbocycles. The summed E-state index contributed by atoms with van der Waals surface area (Å²) in [6.45, 7) is 0. The van der Waals surface area contributed by atoms with Crippen molar-refractivity contribution in [1.82, 2.24) is 14.6 Å². The van der Waals surface area contributed by atoms with Crippen molar-refractivity contribution < 1.29 is 13.2 Å². The first-order chi connectivity index (χ1) is 11.1. The molecule has 0 bridgehead atoms. The van der Waals surface area contributed by atoms with E-state index in [9.17, 15) is 13.2 Å². The van der Waals surface area contributed by atoms with Crippen LogP contribution in [0.15, 0.2) is 40.6 Å². The van der Waals surface area contributed by atoms with E-state index in [1.54, 1.807) is 12.1 Å². The van der Waals surface area contributed by atoms with Crippen LogP contribution in [-0.4, -0.2) is 18.7 Å². The van der Waals surface area contributed by atoms with E-state index in [1.165, 1.54) is 5.38 Å². The monoisotopic (exact) mass is 351 g/mol. The maximum absolute atomic E-state index is 12.4. The summed E-state index contributed by atoms with van der Waals surface area (Å²) in [5, 5.41) is 1.46. The van der Waals surface area contributed by atoms with Gasteiger partial charge in [0.1, 0.15) is 10.6 Å². The molecule has 1 aliphatic carbocycles. The molecule has 0 radical (unpaired) electrons. The van der Waals surface area contributed by atoms with Crippen LogP contribution in [0.1, 0.15) is 25.7 Å². The summed E-state index contributed by atoms with van der Waals surface area (Å²) in [5.41, 5.74) is 3.44. The van der Waals surface area contributed by atoms with Crippen molar-refractivity contribution in [2.24, 2.45) is 5.92 Å². The first-order valence-corrected chi connectivity index (χ1v) is 9.71. The topological polar surface area (TPSA) is 88.2 Å². The Hall–Kier alpha value is -1.77. The fourth-order valence-corrected chi connectivity index (χ4v) is 4.70. The molecule has 1 fully saturated rings. The summed E-state index contributed by atoms with van der Waals surface area (Å²) in [4.78, 5) is 14.2. The average Bonchev–Trinajstić information content (AvgIpc) is 3.25. The summed E-state index contributed by atoms with van der Waals surface area (Å²) in [6, 6.07) is 9.08. The lowest BCUT2D eigenvalue weighted by Crippen LogP contribution is -2.44. The number of benzene rings is 1. The van der Waals surface area contributed by atoms with Gasteiger partial charge in [-0.1, -0.05) is 43.2 Å². The lowest BCUT2D eigenvalue weighted by Gasteiger charge is -2.12. The van der Waals surface area contributed by atoms with Crippen LogP contribution in [-0.2, 0) is 14.8 Å². The van der Waals surface area contributed by atoms with E-state index in [1.807, 2.05) is 18.2 Å². The number of amides is 1. The number of carbonyl (C=O) groups is 1. The van der Waals surface area contributed by atoms with Crippen LogP contribution in [0.4, 0.5) is 0 Å². The number of aromatic nitrogens is 1. The van der Waals surface area contributed by atoms with Crippen LogP contribution >= 0.6 is 11.5 Å². The van der Waals surface area contributed by atoms with E-state index in [2.05, 4.69) is 14.6 Å². The van der Waals surface area contributed by atoms with Crippen LogP contribution in [0.25, 0.3) is 11.3 Å². The number of carbonyl (C=O) groups excluding carboxylic acids is 1. The fraction of sp³-hybridized carbons (Fsp3) is 0.333. The van der Waals surface area contributed by atoms with E-state index in [0.717, 1.165) is 42.8 Å². The molecule has 122 valence electrons. The molecule has 1 heterocycles. The summed E-state index contributed by atoms with van der Waals surface area (Å²) in [6.07, 6.45) is 3.64. The predicted octanol–water partition coefficient (Wildman–Crippen LogP) is 2.31. The molecular formula is C15H17N3O3S2. The number of hydrazine groups is 1. The Bertz CT molecular complexity index is 781. The van der Waals surface area contributed by atoms with Crippen LogP contribution in [0.2, 0.25) is 0 Å². The van der Waals surface area contributed by atoms with Crippen molar-refractivity contribution in [3.05, 3.63) is 35.7 Å². The van der Waals surface area contributed by atoms with Crippen molar-refractivity contribution in [2.75, 3.05) is 0 Å². The van der Waals surface area contributed by atoms with Gasteiger partial charge in [-0.05, 0) is 24.4 Å². The van der Waals surface area contributed by atoms with Crippen molar-refractivity contribution in [3.63, 3.8) is 0 Å². The van der Waals surface area contributed by atoms with Crippen LogP contribution in [0, 0.1) is 5.92 Å². The third-order valence-corrected chi connectivity index (χ3v) is 5.95. The summed E-state index contributed by atoms with van der Waals surface area (Å²) in [5.74, 6) is -0.373. The predicted molar refractivity (Wildman–Crippen MR) is 88.0 cm³/mol. The van der Waals surface area contributed by atoms with E-state index >= 15 is 0 Å². The molecule has 0 spiro atoms. The highest BCUT2D eigenvalue weighted by Gasteiger charge is 2.26. The molecular weight excluding hydrogens is 334 g/mol. The number of rotatable bonds is 5. The summed E-state index contributed by atoms with van der Waals surface area (Å²) < 4.78 is 29.1. The number of nitrogens with one attached hydrogen (secondary N) is 2. The van der Waals surface area contributed by atoms with Gasteiger partial charge >= 0.3 is 0 Å². The molecule has 1 aromatic heterocycles. The van der Waals surface area contributed by atoms with Gasteiger partial charge in [0.05, 0.1) is 0 Å². The first-order valence-electron chi connectivity index (χ1n) is 7.39. The quantitative estimate of drug-likeness (QED) is 0.809. The molecule has 3 rings (SSSR count). The van der Waals surface area contributed by atoms with Crippen molar-refractivity contribution in [3.8, 4) is 11.3 Å². The van der Waals surface area contributed by atoms with E-state index in [-0.39, 0.29) is 16.7 Å². The minimum Gasteiger partial charge on any atom is -0.277 e. The highest BCUT2D eigenvalue weighted by Crippen LogP contribution is 2.27. The average molecular weight is 351 g/mol. The standard InChI is InChI=1S/C15H17N3O3S2/c19-15(12-8-4-5-9-12)16-18-23(20,21)13-10-22-17-14(13)11-6-2-1-3-7-11/h1-3,6-7,10,12,18H,4-5,8-9H2,(H,16,19). The Morgan fingerprint density at radius 1 is 1.17 bits per heavy atom. The minimum atomic E-state index is -3.85. The maximum Gasteiger partial charge on any atom is 0.260 e. The SMILES string of the molecule is O=C(NNS(=O)(=O)c1csnc1-c1ccccc1)C1CCCC1. The zero-order valence-electron chi connectivity index (χ0n) is 12.4. The summed E-state index contributed by atoms with van der Waals surface area (Å²) >= 11 is 1.07. The highest BCUT2D eigenvalue weighted by molar-refractivity contribution is 7.89. The first kappa shape index (κ1) is 16.1. The lowest BCUT2D eigenvalue weighted by atomic mass is 10.1. The Labute approximate surface area is 139 Å². The number of sulfonamides is 1. The zero-order valence-corrected chi connectivity index (χ0v) is 14.0. The molecule has 1 saturated carbocycles. The smallest absolute Gasteiger partial charge is 0.260 e. The van der Waals surface area contributed by atoms with E-state index in [4.69, 9.17) is 0 Å². The Morgan fingerprint density at radius 2 is 1.87 bits per heavy atom. The van der Waals surface area contributed by atoms with Crippen molar-refractivity contribution in [2.45, 2.75) is 30.6 Å². The molecule has 1 aliphatic rings. The molecule has 0 unspecified atom stereocenters. The van der Waals surface area contributed by atoms with Gasteiger partial charge in [0.25, 0.3) is 10.0 Å². The van der Waals surface area contributed by atoms with E-state index in [0.29, 0.717) is 5.69 Å². The van der Waals surface area contributed by atoms with Crippen LogP contribution in [0.3, 0.4) is 0 Å². The van der Waals surface area contributed by atoms with Gasteiger partial charge in [-0.15, -0.1) is 4.83 Å². The third-order valence-electron chi connectivity index (χ3n) is 3.91. The third kappa shape index (κ3) is 3.60. The Balaban J connectivity index is 1.76. The summed E-state index contributed by atoms with van der Waals surface area (Å²) in [7, 11) is -3.85. The Morgan fingerprint density at radius 3 is 2.57 bits per heavy atom. The zero-order chi connectivity index (χ0) is 16.3. The van der Waals surface area contributed by atoms with E-state index < -0.39 is 10.0 Å². The molecule has 2 N–H and O–H groups in total. The van der Waals surface area contributed by atoms with Gasteiger partial charge in [-0.25, -0.2) is 8.42 Å². The second kappa shape index (κ2) is 6.77. The molecule has 0 atom stereocenters. The second-order valence-electron chi connectivity index (χ2n) is 5.47. The van der Waals surface area contributed by atoms with Gasteiger partial charge in [0.15, 0.2) is 0 Å². The number of hydrogen-bond acceptors (Lipinski definition) is 5. The number of hydrogen-bond donors (Lipinski definition) is 2. The number of nitrogens with zero attached hydrogens (tertiary/aromatic N) is 1. The second-order valence-corrected chi connectivity index (χ2v) is 7.75.